The number of nitrogens with zero attached hydrogens (tertiary/aromatic N) is 3. The Balaban J connectivity index is 1.76. The molecule has 0 saturated heterocycles. The van der Waals surface area contributed by atoms with E-state index in [1.807, 2.05) is 43.5 Å². The van der Waals surface area contributed by atoms with Crippen molar-refractivity contribution in [2.75, 3.05) is 5.32 Å². The highest BCUT2D eigenvalue weighted by Gasteiger charge is 2.19. The van der Waals surface area contributed by atoms with Gasteiger partial charge >= 0.3 is 0 Å². The van der Waals surface area contributed by atoms with Gasteiger partial charge in [0.05, 0.1) is 23.5 Å². The zero-order valence-corrected chi connectivity index (χ0v) is 18.1. The van der Waals surface area contributed by atoms with Crippen LogP contribution in [-0.4, -0.2) is 20.3 Å². The molecule has 29 heavy (non-hydrogen) atoms. The molecule has 5 nitrogen and oxygen atoms in total. The molecule has 4 rings (SSSR count). The molecule has 0 spiro atoms. The van der Waals surface area contributed by atoms with E-state index in [0.29, 0.717) is 5.13 Å². The first-order chi connectivity index (χ1) is 13.8. The summed E-state index contributed by atoms with van der Waals surface area (Å²) in [5.74, 6) is -0.0906. The number of hydrogen-bond acceptors (Lipinski definition) is 4. The third kappa shape index (κ3) is 3.68. The normalized spacial score (nSPS) is 11.2. The van der Waals surface area contributed by atoms with Gasteiger partial charge in [-0.15, -0.1) is 11.3 Å². The topological polar surface area (TPSA) is 59.3 Å². The van der Waals surface area contributed by atoms with Crippen LogP contribution in [0.1, 0.15) is 33.0 Å². The van der Waals surface area contributed by atoms with Crippen LogP contribution in [0.25, 0.3) is 16.9 Å². The maximum Gasteiger partial charge on any atom is 0.232 e. The Labute approximate surface area is 174 Å². The highest BCUT2D eigenvalue weighted by atomic mass is 32.1. The summed E-state index contributed by atoms with van der Waals surface area (Å²) in [6.45, 7) is 10.2. The molecule has 1 aromatic carbocycles. The van der Waals surface area contributed by atoms with Gasteiger partial charge in [-0.05, 0) is 63.4 Å². The zero-order chi connectivity index (χ0) is 20.7. The van der Waals surface area contributed by atoms with Crippen LogP contribution in [0, 0.1) is 34.6 Å². The Morgan fingerprint density at radius 2 is 1.83 bits per heavy atom. The first kappa shape index (κ1) is 19.3. The third-order valence-electron chi connectivity index (χ3n) is 5.33. The standard InChI is InChI=1S/C23H24N4OS/c1-13-8-9-18(11-15(13)3)21-19(27-10-6-7-14(2)22(27)26-21)12-20(28)25-23-24-16(4)17(5)29-23/h6-11H,12H2,1-5H3,(H,24,25,28). The highest BCUT2D eigenvalue weighted by molar-refractivity contribution is 7.15. The van der Waals surface area contributed by atoms with Gasteiger partial charge in [-0.2, -0.15) is 0 Å². The molecule has 0 saturated carbocycles. The zero-order valence-electron chi connectivity index (χ0n) is 17.3. The van der Waals surface area contributed by atoms with Crippen molar-refractivity contribution in [3.63, 3.8) is 0 Å². The van der Waals surface area contributed by atoms with E-state index in [9.17, 15) is 4.79 Å². The highest BCUT2D eigenvalue weighted by Crippen LogP contribution is 2.28. The number of anilines is 1. The Hall–Kier alpha value is -2.99. The average molecular weight is 405 g/mol. The molecule has 0 radical (unpaired) electrons. The van der Waals surface area contributed by atoms with Crippen LogP contribution in [-0.2, 0) is 11.2 Å². The monoisotopic (exact) mass is 404 g/mol. The van der Waals surface area contributed by atoms with E-state index in [-0.39, 0.29) is 12.3 Å². The summed E-state index contributed by atoms with van der Waals surface area (Å²) < 4.78 is 2.03. The molecule has 4 aromatic rings. The number of hydrogen-bond donors (Lipinski definition) is 1. The first-order valence-electron chi connectivity index (χ1n) is 9.61. The fourth-order valence-electron chi connectivity index (χ4n) is 3.38. The number of pyridine rings is 1. The second-order valence-electron chi connectivity index (χ2n) is 7.48. The summed E-state index contributed by atoms with van der Waals surface area (Å²) in [7, 11) is 0. The van der Waals surface area contributed by atoms with Gasteiger partial charge in [0.15, 0.2) is 5.13 Å². The van der Waals surface area contributed by atoms with E-state index >= 15 is 0 Å². The molecule has 3 heterocycles. The van der Waals surface area contributed by atoms with E-state index in [1.165, 1.54) is 22.5 Å². The third-order valence-corrected chi connectivity index (χ3v) is 6.32. The summed E-state index contributed by atoms with van der Waals surface area (Å²) >= 11 is 1.50. The number of rotatable bonds is 4. The summed E-state index contributed by atoms with van der Waals surface area (Å²) in [6.07, 6.45) is 2.20. The molecular formula is C23H24N4OS. The van der Waals surface area contributed by atoms with Crippen LogP contribution in [0.2, 0.25) is 0 Å². The lowest BCUT2D eigenvalue weighted by molar-refractivity contribution is -0.115. The molecule has 1 N–H and O–H groups in total. The van der Waals surface area contributed by atoms with Crippen molar-refractivity contribution in [1.29, 1.82) is 0 Å². The second kappa shape index (κ2) is 7.44. The van der Waals surface area contributed by atoms with Crippen molar-refractivity contribution in [2.45, 2.75) is 41.0 Å². The summed E-state index contributed by atoms with van der Waals surface area (Å²) in [6, 6.07) is 10.4. The number of aromatic nitrogens is 3. The van der Waals surface area contributed by atoms with Gasteiger partial charge in [0, 0.05) is 16.6 Å². The summed E-state index contributed by atoms with van der Waals surface area (Å²) in [5, 5.41) is 3.59. The predicted molar refractivity (Wildman–Crippen MR) is 119 cm³/mol. The van der Waals surface area contributed by atoms with Crippen LogP contribution in [0.15, 0.2) is 36.5 Å². The lowest BCUT2D eigenvalue weighted by Crippen LogP contribution is -2.16. The average Bonchev–Trinajstić information content (AvgIpc) is 3.18. The van der Waals surface area contributed by atoms with Crippen LogP contribution in [0.3, 0.4) is 0 Å². The Kier molecular flexibility index (Phi) is 4.96. The van der Waals surface area contributed by atoms with Gasteiger partial charge in [0.2, 0.25) is 5.91 Å². The molecule has 0 bridgehead atoms. The molecule has 0 aliphatic heterocycles. The fraction of sp³-hybridized carbons (Fsp3) is 0.261. The SMILES string of the molecule is Cc1ccc(-c2nc3c(C)cccn3c2CC(=O)Nc2nc(C)c(C)s2)cc1C. The maximum atomic E-state index is 12.8. The molecular weight excluding hydrogens is 380 g/mol. The van der Waals surface area contributed by atoms with Crippen LogP contribution in [0.5, 0.6) is 0 Å². The first-order valence-corrected chi connectivity index (χ1v) is 10.4. The van der Waals surface area contributed by atoms with Gasteiger partial charge in [0.25, 0.3) is 0 Å². The van der Waals surface area contributed by atoms with Gasteiger partial charge in [-0.1, -0.05) is 18.2 Å². The number of carbonyl (C=O) groups excluding carboxylic acids is 1. The van der Waals surface area contributed by atoms with Crippen LogP contribution >= 0.6 is 11.3 Å². The molecule has 0 fully saturated rings. The van der Waals surface area contributed by atoms with Crippen LogP contribution < -0.4 is 5.32 Å². The molecule has 6 heteroatoms. The van der Waals surface area contributed by atoms with Gasteiger partial charge < -0.3 is 9.72 Å². The Bertz CT molecular complexity index is 1220. The quantitative estimate of drug-likeness (QED) is 0.510. The molecule has 148 valence electrons. The van der Waals surface area contributed by atoms with Gasteiger partial charge in [-0.25, -0.2) is 9.97 Å². The number of benzene rings is 1. The second-order valence-corrected chi connectivity index (χ2v) is 8.68. The lowest BCUT2D eigenvalue weighted by atomic mass is 10.0. The molecule has 0 unspecified atom stereocenters. The van der Waals surface area contributed by atoms with Crippen LogP contribution in [0.4, 0.5) is 5.13 Å². The summed E-state index contributed by atoms with van der Waals surface area (Å²) in [4.78, 5) is 23.3. The Morgan fingerprint density at radius 3 is 2.52 bits per heavy atom. The van der Waals surface area contributed by atoms with E-state index in [2.05, 4.69) is 42.3 Å². The number of thiazole rings is 1. The number of fused-ring (bicyclic) bond motifs is 1. The minimum absolute atomic E-state index is 0.0906. The van der Waals surface area contributed by atoms with Crippen molar-refractivity contribution in [3.8, 4) is 11.3 Å². The number of imidazole rings is 1. The van der Waals surface area contributed by atoms with E-state index in [1.54, 1.807) is 0 Å². The summed E-state index contributed by atoms with van der Waals surface area (Å²) in [5.41, 5.74) is 8.12. The largest absolute Gasteiger partial charge is 0.303 e. The fourth-order valence-corrected chi connectivity index (χ4v) is 4.21. The maximum absolute atomic E-state index is 12.8. The molecule has 0 atom stereocenters. The predicted octanol–water partition coefficient (Wildman–Crippen LogP) is 5.18. The van der Waals surface area contributed by atoms with E-state index < -0.39 is 0 Å². The van der Waals surface area contributed by atoms with Crippen molar-refractivity contribution < 1.29 is 4.79 Å². The molecule has 3 aromatic heterocycles. The number of nitrogens with one attached hydrogen (secondary N) is 1. The van der Waals surface area contributed by atoms with Crippen molar-refractivity contribution >= 4 is 28.0 Å². The van der Waals surface area contributed by atoms with Gasteiger partial charge in [-0.3, -0.25) is 4.79 Å². The lowest BCUT2D eigenvalue weighted by Gasteiger charge is -2.08. The molecule has 1 amide bonds. The minimum atomic E-state index is -0.0906. The molecule has 0 aliphatic rings. The van der Waals surface area contributed by atoms with Crippen molar-refractivity contribution in [3.05, 3.63) is 69.5 Å². The Morgan fingerprint density at radius 1 is 1.03 bits per heavy atom. The van der Waals surface area contributed by atoms with Gasteiger partial charge in [0.1, 0.15) is 5.65 Å². The minimum Gasteiger partial charge on any atom is -0.303 e. The number of aryl methyl sites for hydroxylation is 5. The van der Waals surface area contributed by atoms with Crippen molar-refractivity contribution in [1.82, 2.24) is 14.4 Å². The molecule has 0 aliphatic carbocycles. The van der Waals surface area contributed by atoms with E-state index in [4.69, 9.17) is 4.98 Å². The smallest absolute Gasteiger partial charge is 0.232 e. The van der Waals surface area contributed by atoms with E-state index in [0.717, 1.165) is 38.7 Å². The number of amides is 1. The number of carbonyl (C=O) groups is 1. The van der Waals surface area contributed by atoms with Crippen molar-refractivity contribution in [2.24, 2.45) is 0 Å².